The van der Waals surface area contributed by atoms with E-state index in [9.17, 15) is 0 Å². The third-order valence-corrected chi connectivity index (χ3v) is 7.64. The summed E-state index contributed by atoms with van der Waals surface area (Å²) in [5.41, 5.74) is 8.26. The van der Waals surface area contributed by atoms with Crippen molar-refractivity contribution in [3.8, 4) is 11.3 Å². The Morgan fingerprint density at radius 3 is 1.88 bits per heavy atom. The zero-order valence-corrected chi connectivity index (χ0v) is 22.3. The summed E-state index contributed by atoms with van der Waals surface area (Å²) in [6, 6.07) is 16.2. The van der Waals surface area contributed by atoms with Crippen molar-refractivity contribution < 1.29 is 16.5 Å². The summed E-state index contributed by atoms with van der Waals surface area (Å²) in [5.74, 6) is 0. The van der Waals surface area contributed by atoms with E-state index in [0.717, 1.165) is 88.1 Å². The molecule has 0 saturated heterocycles. The number of rotatable bonds is 0. The van der Waals surface area contributed by atoms with E-state index in [1.807, 2.05) is 49.1 Å². The molecular formula is C32H20N8Ni. The fraction of sp³-hybridized carbons (Fsp3) is 0. The van der Waals surface area contributed by atoms with Crippen LogP contribution in [0.3, 0.4) is 0 Å². The summed E-state index contributed by atoms with van der Waals surface area (Å²) < 4.78 is 0. The summed E-state index contributed by atoms with van der Waals surface area (Å²) in [7, 11) is 0. The van der Waals surface area contributed by atoms with Crippen molar-refractivity contribution in [2.45, 2.75) is 0 Å². The number of H-pyrrole nitrogens is 4. The van der Waals surface area contributed by atoms with Crippen molar-refractivity contribution in [1.82, 2.24) is 39.9 Å². The van der Waals surface area contributed by atoms with E-state index >= 15 is 0 Å². The predicted octanol–water partition coefficient (Wildman–Crippen LogP) is 2.77. The van der Waals surface area contributed by atoms with Gasteiger partial charge in [0.25, 0.3) is 0 Å². The zero-order valence-electron chi connectivity index (χ0n) is 21.3. The molecule has 0 radical (unpaired) electrons. The molecule has 0 atom stereocenters. The van der Waals surface area contributed by atoms with Crippen LogP contribution in [0.25, 0.3) is 68.3 Å². The summed E-state index contributed by atoms with van der Waals surface area (Å²) in [5, 5.41) is 6.79. The van der Waals surface area contributed by atoms with Gasteiger partial charge in [0, 0.05) is 63.0 Å². The Kier molecular flexibility index (Phi) is 5.11. The molecule has 6 aromatic rings. The van der Waals surface area contributed by atoms with Crippen molar-refractivity contribution >= 4 is 57.0 Å². The van der Waals surface area contributed by atoms with Crippen LogP contribution in [0.4, 0.5) is 0 Å². The van der Waals surface area contributed by atoms with E-state index in [0.29, 0.717) is 0 Å². The molecular weight excluding hydrogens is 555 g/mol. The van der Waals surface area contributed by atoms with Crippen LogP contribution in [0, 0.1) is 0 Å². The molecule has 0 unspecified atom stereocenters. The molecule has 4 N–H and O–H groups in total. The standard InChI is InChI=1S/C32H20N8.Ni/c1-5-17-21-13-26-30-19(7-3-10-34-30)23(38-26)15-28-32-20(8-4-12-36-32)24(40-28)16-27-31-18(6-2-11-35-31)22(39-27)14-25(37-21)29(17)33-9-1;/h1-16,33,38-40H;. The van der Waals surface area contributed by atoms with Gasteiger partial charge in [-0.1, -0.05) is 0 Å². The van der Waals surface area contributed by atoms with Gasteiger partial charge in [0.1, 0.15) is 0 Å². The Balaban J connectivity index is 0.00000256. The Morgan fingerprint density at radius 2 is 1.12 bits per heavy atom. The molecule has 0 aliphatic carbocycles. The average molecular weight is 575 g/mol. The zero-order chi connectivity index (χ0) is 26.2. The van der Waals surface area contributed by atoms with Crippen LogP contribution in [0.1, 0.15) is 22.8 Å². The number of hydrogen-bond donors (Lipinski definition) is 4. The van der Waals surface area contributed by atoms with E-state index in [1.165, 1.54) is 0 Å². The van der Waals surface area contributed by atoms with Crippen LogP contribution in [0.5, 0.6) is 0 Å². The minimum atomic E-state index is 0. The second kappa shape index (κ2) is 8.88. The van der Waals surface area contributed by atoms with E-state index in [2.05, 4.69) is 68.5 Å². The molecule has 9 heteroatoms. The number of fused-ring (bicyclic) bond motifs is 20. The summed E-state index contributed by atoms with van der Waals surface area (Å²) in [6.45, 7) is 0. The van der Waals surface area contributed by atoms with E-state index in [-0.39, 0.29) is 16.5 Å². The Bertz CT molecular complexity index is 2340. The first-order valence-corrected chi connectivity index (χ1v) is 13.1. The molecule has 0 fully saturated rings. The molecule has 0 aromatic carbocycles. The Morgan fingerprint density at radius 1 is 0.512 bits per heavy atom. The van der Waals surface area contributed by atoms with Gasteiger partial charge in [-0.05, 0) is 72.8 Å². The van der Waals surface area contributed by atoms with E-state index in [4.69, 9.17) is 19.9 Å². The van der Waals surface area contributed by atoms with Crippen LogP contribution in [-0.4, -0.2) is 39.9 Å². The Labute approximate surface area is 241 Å². The molecule has 8 nitrogen and oxygen atoms in total. The molecule has 198 valence electrons. The summed E-state index contributed by atoms with van der Waals surface area (Å²) in [4.78, 5) is 33.6. The van der Waals surface area contributed by atoms with Gasteiger partial charge in [-0.3, -0.25) is 15.0 Å². The number of hydrogen-bond acceptors (Lipinski definition) is 4. The maximum atomic E-state index is 5.09. The Hall–Kier alpha value is -5.27. The minimum absolute atomic E-state index is 0. The number of aromatic nitrogens is 8. The molecule has 9 rings (SSSR count). The van der Waals surface area contributed by atoms with E-state index in [1.54, 1.807) is 0 Å². The molecule has 0 saturated carbocycles. The fourth-order valence-electron chi connectivity index (χ4n) is 5.87. The van der Waals surface area contributed by atoms with Crippen LogP contribution in [0.2, 0.25) is 0 Å². The quantitative estimate of drug-likeness (QED) is 0.208. The van der Waals surface area contributed by atoms with Gasteiger partial charge in [0.15, 0.2) is 0 Å². The predicted molar refractivity (Wildman–Crippen MR) is 156 cm³/mol. The van der Waals surface area contributed by atoms with Gasteiger partial charge in [-0.25, -0.2) is 4.98 Å². The van der Waals surface area contributed by atoms with Gasteiger partial charge >= 0.3 is 0 Å². The van der Waals surface area contributed by atoms with Gasteiger partial charge in [-0.2, -0.15) is 0 Å². The first kappa shape index (κ1) is 23.6. The summed E-state index contributed by atoms with van der Waals surface area (Å²) >= 11 is 0. The normalized spacial score (nSPS) is 12.5. The molecule has 3 aliphatic rings. The van der Waals surface area contributed by atoms with Gasteiger partial charge in [0.05, 0.1) is 66.4 Å². The number of nitrogens with one attached hydrogen (secondary N) is 4. The molecule has 8 bridgehead atoms. The van der Waals surface area contributed by atoms with Crippen LogP contribution >= 0.6 is 0 Å². The smallest absolute Gasteiger partial charge is 0.0958 e. The minimum Gasteiger partial charge on any atom is -0.359 e. The molecule has 3 aliphatic heterocycles. The van der Waals surface area contributed by atoms with Crippen molar-refractivity contribution in [2.75, 3.05) is 0 Å². The van der Waals surface area contributed by atoms with E-state index < -0.39 is 0 Å². The first-order valence-electron chi connectivity index (χ1n) is 13.1. The second-order valence-corrected chi connectivity index (χ2v) is 9.97. The van der Waals surface area contributed by atoms with Crippen molar-refractivity contribution in [2.24, 2.45) is 0 Å². The fourth-order valence-corrected chi connectivity index (χ4v) is 5.87. The molecule has 0 amide bonds. The number of aromatic amines is 4. The van der Waals surface area contributed by atoms with Crippen LogP contribution in [0.15, 0.2) is 73.3 Å². The monoisotopic (exact) mass is 574 g/mol. The van der Waals surface area contributed by atoms with Crippen molar-refractivity contribution in [3.63, 3.8) is 0 Å². The molecule has 9 heterocycles. The number of pyridine rings is 4. The van der Waals surface area contributed by atoms with Crippen molar-refractivity contribution in [3.05, 3.63) is 117 Å². The van der Waals surface area contributed by atoms with Crippen LogP contribution in [-0.2, 0) is 16.5 Å². The maximum Gasteiger partial charge on any atom is 0.0958 e. The van der Waals surface area contributed by atoms with Gasteiger partial charge in [0.2, 0.25) is 0 Å². The molecule has 6 aromatic heterocycles. The van der Waals surface area contributed by atoms with Crippen LogP contribution < -0.4 is 21.4 Å². The average Bonchev–Trinajstić information content (AvgIpc) is 3.73. The SMILES string of the molecule is C1=c2[nH]c(c3ncccc23)=Cc2[nH]c(c3ncccc23)C=c2[nH]c(c3ncccc23)=Cc2nc1c1[nH]cccc2-1.[Ni]. The molecule has 0 spiro atoms. The first-order chi connectivity index (χ1) is 19.8. The third-order valence-electron chi connectivity index (χ3n) is 7.64. The topological polar surface area (TPSA) is 115 Å². The number of nitrogens with zero attached hydrogens (tertiary/aromatic N) is 4. The van der Waals surface area contributed by atoms with Gasteiger partial charge in [-0.15, -0.1) is 0 Å². The third kappa shape index (κ3) is 3.53. The molecule has 41 heavy (non-hydrogen) atoms. The second-order valence-electron chi connectivity index (χ2n) is 9.97. The van der Waals surface area contributed by atoms with Gasteiger partial charge < -0.3 is 19.9 Å². The van der Waals surface area contributed by atoms with Crippen molar-refractivity contribution in [1.29, 1.82) is 0 Å². The largest absolute Gasteiger partial charge is 0.359 e. The summed E-state index contributed by atoms with van der Waals surface area (Å²) in [6.07, 6.45) is 15.8. The maximum absolute atomic E-state index is 5.09.